The zero-order chi connectivity index (χ0) is 12.1. The van der Waals surface area contributed by atoms with Gasteiger partial charge >= 0.3 is 0 Å². The normalized spacial score (nSPS) is 10.0. The van der Waals surface area contributed by atoms with Crippen LogP contribution in [0.3, 0.4) is 0 Å². The molecule has 0 N–H and O–H groups in total. The maximum Gasteiger partial charge on any atom is 0.151 e. The van der Waals surface area contributed by atoms with E-state index in [0.29, 0.717) is 29.6 Å². The van der Waals surface area contributed by atoms with Crippen molar-refractivity contribution in [1.29, 1.82) is 5.26 Å². The summed E-state index contributed by atoms with van der Waals surface area (Å²) in [4.78, 5) is 0. The van der Waals surface area contributed by atoms with Crippen molar-refractivity contribution in [3.8, 4) is 17.6 Å². The standard InChI is InChI=1S/C12H14BrNO2/c1-8(2)7-16-12-9(6-14)4-10(15-3)5-11(12)13/h4-5,8H,7H2,1-3H3. The quantitative estimate of drug-likeness (QED) is 0.851. The van der Waals surface area contributed by atoms with Gasteiger partial charge in [0.1, 0.15) is 11.8 Å². The summed E-state index contributed by atoms with van der Waals surface area (Å²) in [5, 5.41) is 9.02. The van der Waals surface area contributed by atoms with Crippen molar-refractivity contribution in [3.63, 3.8) is 0 Å². The summed E-state index contributed by atoms with van der Waals surface area (Å²) in [5.74, 6) is 1.64. The lowest BCUT2D eigenvalue weighted by molar-refractivity contribution is 0.268. The fourth-order valence-corrected chi connectivity index (χ4v) is 1.72. The van der Waals surface area contributed by atoms with Crippen LogP contribution in [0.2, 0.25) is 0 Å². The minimum Gasteiger partial charge on any atom is -0.497 e. The zero-order valence-corrected chi connectivity index (χ0v) is 11.2. The Morgan fingerprint density at radius 2 is 2.12 bits per heavy atom. The van der Waals surface area contributed by atoms with Gasteiger partial charge in [-0.15, -0.1) is 0 Å². The van der Waals surface area contributed by atoms with Gasteiger partial charge in [0.2, 0.25) is 0 Å². The molecule has 3 nitrogen and oxygen atoms in total. The van der Waals surface area contributed by atoms with Crippen molar-refractivity contribution in [3.05, 3.63) is 22.2 Å². The first-order valence-electron chi connectivity index (χ1n) is 4.99. The Labute approximate surface area is 104 Å². The second-order valence-corrected chi connectivity index (χ2v) is 4.66. The first-order valence-corrected chi connectivity index (χ1v) is 5.78. The molecule has 0 amide bonds. The van der Waals surface area contributed by atoms with Gasteiger partial charge in [0.05, 0.1) is 23.8 Å². The van der Waals surface area contributed by atoms with E-state index in [2.05, 4.69) is 35.8 Å². The molecule has 0 atom stereocenters. The van der Waals surface area contributed by atoms with E-state index < -0.39 is 0 Å². The van der Waals surface area contributed by atoms with Crippen molar-refractivity contribution >= 4 is 15.9 Å². The highest BCUT2D eigenvalue weighted by Gasteiger charge is 2.11. The number of benzene rings is 1. The molecule has 0 aliphatic heterocycles. The lowest BCUT2D eigenvalue weighted by Crippen LogP contribution is -2.06. The first kappa shape index (κ1) is 12.9. The molecule has 1 rings (SSSR count). The van der Waals surface area contributed by atoms with Crippen LogP contribution >= 0.6 is 15.9 Å². The fraction of sp³-hybridized carbons (Fsp3) is 0.417. The second kappa shape index (κ2) is 5.76. The van der Waals surface area contributed by atoms with Crippen LogP contribution in [0.4, 0.5) is 0 Å². The van der Waals surface area contributed by atoms with Gasteiger partial charge < -0.3 is 9.47 Å². The number of hydrogen-bond acceptors (Lipinski definition) is 3. The Balaban J connectivity index is 3.03. The van der Waals surface area contributed by atoms with E-state index in [1.54, 1.807) is 19.2 Å². The zero-order valence-electron chi connectivity index (χ0n) is 9.58. The van der Waals surface area contributed by atoms with E-state index in [9.17, 15) is 0 Å². The monoisotopic (exact) mass is 283 g/mol. The third kappa shape index (κ3) is 3.14. The predicted molar refractivity (Wildman–Crippen MR) is 65.7 cm³/mol. The lowest BCUT2D eigenvalue weighted by atomic mass is 10.2. The molecule has 0 saturated carbocycles. The average molecular weight is 284 g/mol. The van der Waals surface area contributed by atoms with Gasteiger partial charge in [-0.25, -0.2) is 0 Å². The smallest absolute Gasteiger partial charge is 0.151 e. The van der Waals surface area contributed by atoms with Crippen LogP contribution in [0, 0.1) is 17.2 Å². The average Bonchev–Trinajstić information content (AvgIpc) is 2.26. The lowest BCUT2D eigenvalue weighted by Gasteiger charge is -2.12. The molecule has 1 aromatic carbocycles. The van der Waals surface area contributed by atoms with Crippen molar-refractivity contribution in [2.75, 3.05) is 13.7 Å². The molecule has 16 heavy (non-hydrogen) atoms. The van der Waals surface area contributed by atoms with Crippen LogP contribution in [-0.2, 0) is 0 Å². The van der Waals surface area contributed by atoms with E-state index in [1.807, 2.05) is 0 Å². The Hall–Kier alpha value is -1.21. The van der Waals surface area contributed by atoms with E-state index >= 15 is 0 Å². The molecule has 4 heteroatoms. The Kier molecular flexibility index (Phi) is 4.63. The van der Waals surface area contributed by atoms with Gasteiger partial charge in [-0.2, -0.15) is 5.26 Å². The van der Waals surface area contributed by atoms with Crippen LogP contribution in [0.25, 0.3) is 0 Å². The summed E-state index contributed by atoms with van der Waals surface area (Å²) >= 11 is 3.37. The highest BCUT2D eigenvalue weighted by molar-refractivity contribution is 9.10. The minimum absolute atomic E-state index is 0.417. The van der Waals surface area contributed by atoms with Gasteiger partial charge in [0.25, 0.3) is 0 Å². The van der Waals surface area contributed by atoms with E-state index in [4.69, 9.17) is 14.7 Å². The van der Waals surface area contributed by atoms with Crippen LogP contribution in [0.1, 0.15) is 19.4 Å². The summed E-state index contributed by atoms with van der Waals surface area (Å²) in [5.41, 5.74) is 0.479. The summed E-state index contributed by atoms with van der Waals surface area (Å²) in [6, 6.07) is 5.56. The Morgan fingerprint density at radius 3 is 2.62 bits per heavy atom. The van der Waals surface area contributed by atoms with E-state index in [-0.39, 0.29) is 0 Å². The number of ether oxygens (including phenoxy) is 2. The van der Waals surface area contributed by atoms with Gasteiger partial charge in [0.15, 0.2) is 5.75 Å². The molecule has 86 valence electrons. The van der Waals surface area contributed by atoms with Crippen molar-refractivity contribution in [2.45, 2.75) is 13.8 Å². The third-order valence-corrected chi connectivity index (χ3v) is 2.52. The first-order chi connectivity index (χ1) is 7.58. The van der Waals surface area contributed by atoms with Crippen LogP contribution < -0.4 is 9.47 Å². The topological polar surface area (TPSA) is 42.2 Å². The number of nitrogens with zero attached hydrogens (tertiary/aromatic N) is 1. The Bertz CT molecular complexity index is 410. The van der Waals surface area contributed by atoms with Crippen molar-refractivity contribution in [1.82, 2.24) is 0 Å². The minimum atomic E-state index is 0.417. The largest absolute Gasteiger partial charge is 0.497 e. The number of halogens is 1. The predicted octanol–water partition coefficient (Wildman–Crippen LogP) is 3.36. The molecular formula is C12H14BrNO2. The number of rotatable bonds is 4. The molecule has 0 aliphatic carbocycles. The molecule has 0 spiro atoms. The number of hydrogen-bond donors (Lipinski definition) is 0. The van der Waals surface area contributed by atoms with Gasteiger partial charge in [0, 0.05) is 6.07 Å². The molecule has 0 radical (unpaired) electrons. The molecule has 0 heterocycles. The maximum absolute atomic E-state index is 9.02. The summed E-state index contributed by atoms with van der Waals surface area (Å²) < 4.78 is 11.4. The van der Waals surface area contributed by atoms with Gasteiger partial charge in [-0.05, 0) is 27.9 Å². The highest BCUT2D eigenvalue weighted by Crippen LogP contribution is 2.33. The summed E-state index contributed by atoms with van der Waals surface area (Å²) in [6.45, 7) is 4.70. The summed E-state index contributed by atoms with van der Waals surface area (Å²) in [7, 11) is 1.57. The van der Waals surface area contributed by atoms with Crippen LogP contribution in [0.5, 0.6) is 11.5 Å². The van der Waals surface area contributed by atoms with Crippen molar-refractivity contribution < 1.29 is 9.47 Å². The fourth-order valence-electron chi connectivity index (χ4n) is 1.17. The summed E-state index contributed by atoms with van der Waals surface area (Å²) in [6.07, 6.45) is 0. The molecule has 0 bridgehead atoms. The molecule has 0 fully saturated rings. The molecular weight excluding hydrogens is 270 g/mol. The molecule has 0 saturated heterocycles. The second-order valence-electron chi connectivity index (χ2n) is 3.80. The van der Waals surface area contributed by atoms with E-state index in [0.717, 1.165) is 4.47 Å². The molecule has 0 aliphatic rings. The number of nitriles is 1. The van der Waals surface area contributed by atoms with Gasteiger partial charge in [-0.1, -0.05) is 13.8 Å². The third-order valence-electron chi connectivity index (χ3n) is 1.93. The molecule has 0 unspecified atom stereocenters. The highest BCUT2D eigenvalue weighted by atomic mass is 79.9. The molecule has 0 aromatic heterocycles. The van der Waals surface area contributed by atoms with Crippen molar-refractivity contribution in [2.24, 2.45) is 5.92 Å². The maximum atomic E-state index is 9.02. The SMILES string of the molecule is COc1cc(Br)c(OCC(C)C)c(C#N)c1. The Morgan fingerprint density at radius 1 is 1.44 bits per heavy atom. The molecule has 1 aromatic rings. The van der Waals surface area contributed by atoms with Crippen LogP contribution in [-0.4, -0.2) is 13.7 Å². The van der Waals surface area contributed by atoms with E-state index in [1.165, 1.54) is 0 Å². The van der Waals surface area contributed by atoms with Gasteiger partial charge in [-0.3, -0.25) is 0 Å². The van der Waals surface area contributed by atoms with Crippen LogP contribution in [0.15, 0.2) is 16.6 Å². The number of methoxy groups -OCH3 is 1.